The van der Waals surface area contributed by atoms with Crippen molar-refractivity contribution in [3.63, 3.8) is 0 Å². The summed E-state index contributed by atoms with van der Waals surface area (Å²) in [6, 6.07) is 0. The number of allylic oxidation sites excluding steroid dienone is 8. The van der Waals surface area contributed by atoms with Crippen molar-refractivity contribution < 1.29 is 42.9 Å². The zero-order valence-electron chi connectivity index (χ0n) is 45.7. The van der Waals surface area contributed by atoms with E-state index in [-0.39, 0.29) is 32.2 Å². The predicted molar refractivity (Wildman–Crippen MR) is 290 cm³/mol. The van der Waals surface area contributed by atoms with Crippen molar-refractivity contribution in [3.8, 4) is 0 Å². The van der Waals surface area contributed by atoms with Gasteiger partial charge in [-0.25, -0.2) is 4.79 Å². The van der Waals surface area contributed by atoms with Crippen LogP contribution in [0.4, 0.5) is 0 Å². The van der Waals surface area contributed by atoms with E-state index in [9.17, 15) is 19.5 Å². The molecule has 69 heavy (non-hydrogen) atoms. The van der Waals surface area contributed by atoms with Crippen LogP contribution >= 0.6 is 0 Å². The number of nitrogens with zero attached hydrogens (tertiary/aromatic N) is 1. The molecule has 0 saturated carbocycles. The average molecular weight is 974 g/mol. The van der Waals surface area contributed by atoms with Gasteiger partial charge in [-0.2, -0.15) is 0 Å². The quantitative estimate of drug-likeness (QED) is 0.0211. The standard InChI is InChI=1S/C60H109NO8/c1-6-8-10-12-14-16-18-19-20-21-22-23-24-25-26-27-28-29-30-31-32-33-34-35-36-37-38-39-41-43-45-47-49-51-58(63)69-56(55-68-60(59(64)65)66-53-52-61(3,4)5)54-67-57(62)50-48-46-44-42-40-17-15-13-11-9-7-2/h13,15,18-19,21-22,24-25,56,60H,6-12,14,16-17,20,23,26-55H2,1-5H3/p+1/b15-13-,19-18-,22-21-,25-24-. The van der Waals surface area contributed by atoms with Gasteiger partial charge in [-0.05, 0) is 70.6 Å². The summed E-state index contributed by atoms with van der Waals surface area (Å²) in [4.78, 5) is 37.2. The van der Waals surface area contributed by atoms with Gasteiger partial charge in [0.1, 0.15) is 13.2 Å². The van der Waals surface area contributed by atoms with Gasteiger partial charge in [0.25, 0.3) is 6.29 Å². The second-order valence-electron chi connectivity index (χ2n) is 20.6. The molecule has 2 atom stereocenters. The van der Waals surface area contributed by atoms with Gasteiger partial charge < -0.3 is 28.5 Å². The largest absolute Gasteiger partial charge is 0.477 e. The Morgan fingerprint density at radius 2 is 0.797 bits per heavy atom. The summed E-state index contributed by atoms with van der Waals surface area (Å²) in [5.41, 5.74) is 0. The number of esters is 2. The molecule has 0 aliphatic rings. The fraction of sp³-hybridized carbons (Fsp3) is 0.817. The Morgan fingerprint density at radius 1 is 0.435 bits per heavy atom. The van der Waals surface area contributed by atoms with Crippen LogP contribution in [0.1, 0.15) is 258 Å². The highest BCUT2D eigenvalue weighted by Crippen LogP contribution is 2.16. The zero-order chi connectivity index (χ0) is 50.6. The number of unbranched alkanes of at least 4 members (excludes halogenated alkanes) is 30. The second kappa shape index (κ2) is 51.6. The van der Waals surface area contributed by atoms with Crippen LogP contribution in [-0.4, -0.2) is 87.4 Å². The average Bonchev–Trinajstić information content (AvgIpc) is 3.31. The minimum Gasteiger partial charge on any atom is -0.477 e. The van der Waals surface area contributed by atoms with E-state index < -0.39 is 24.3 Å². The molecule has 0 aliphatic heterocycles. The van der Waals surface area contributed by atoms with Gasteiger partial charge in [0.2, 0.25) is 0 Å². The van der Waals surface area contributed by atoms with Crippen LogP contribution in [0.15, 0.2) is 48.6 Å². The first-order chi connectivity index (χ1) is 33.6. The molecule has 0 aromatic heterocycles. The molecule has 0 heterocycles. The van der Waals surface area contributed by atoms with Crippen LogP contribution in [0.2, 0.25) is 0 Å². The molecule has 402 valence electrons. The maximum Gasteiger partial charge on any atom is 0.361 e. The molecule has 9 heteroatoms. The minimum absolute atomic E-state index is 0.185. The normalized spacial score (nSPS) is 13.1. The van der Waals surface area contributed by atoms with Crippen molar-refractivity contribution in [3.05, 3.63) is 48.6 Å². The lowest BCUT2D eigenvalue weighted by Crippen LogP contribution is -2.40. The van der Waals surface area contributed by atoms with Gasteiger partial charge in [-0.15, -0.1) is 0 Å². The predicted octanol–water partition coefficient (Wildman–Crippen LogP) is 16.7. The molecule has 0 fully saturated rings. The zero-order valence-corrected chi connectivity index (χ0v) is 45.7. The van der Waals surface area contributed by atoms with Gasteiger partial charge in [0.05, 0.1) is 34.4 Å². The molecule has 0 radical (unpaired) electrons. The van der Waals surface area contributed by atoms with Crippen LogP contribution in [0.5, 0.6) is 0 Å². The summed E-state index contributed by atoms with van der Waals surface area (Å²) in [5, 5.41) is 9.67. The Bertz CT molecular complexity index is 1270. The number of carboxylic acid groups (broad SMARTS) is 1. The van der Waals surface area contributed by atoms with Crippen molar-refractivity contribution >= 4 is 17.9 Å². The molecule has 1 N–H and O–H groups in total. The Kier molecular flexibility index (Phi) is 49.5. The molecule has 0 amide bonds. The van der Waals surface area contributed by atoms with Gasteiger partial charge in [0.15, 0.2) is 6.10 Å². The van der Waals surface area contributed by atoms with Gasteiger partial charge >= 0.3 is 17.9 Å². The monoisotopic (exact) mass is 973 g/mol. The number of rotatable bonds is 53. The summed E-state index contributed by atoms with van der Waals surface area (Å²) < 4.78 is 22.8. The van der Waals surface area contributed by atoms with Crippen molar-refractivity contribution in [1.82, 2.24) is 0 Å². The number of carbonyl (C=O) groups is 3. The molecule has 0 aromatic carbocycles. The van der Waals surface area contributed by atoms with E-state index in [1.165, 1.54) is 154 Å². The number of carbonyl (C=O) groups excluding carboxylic acids is 2. The highest BCUT2D eigenvalue weighted by atomic mass is 16.7. The Morgan fingerprint density at radius 3 is 1.22 bits per heavy atom. The first-order valence-corrected chi connectivity index (χ1v) is 28.8. The Labute approximate surface area is 425 Å². The summed E-state index contributed by atoms with van der Waals surface area (Å²) in [5.74, 6) is -2.01. The molecule has 9 nitrogen and oxygen atoms in total. The first-order valence-electron chi connectivity index (χ1n) is 28.8. The Balaban J connectivity index is 4.05. The topological polar surface area (TPSA) is 108 Å². The molecule has 0 bridgehead atoms. The lowest BCUT2D eigenvalue weighted by molar-refractivity contribution is -0.870. The lowest BCUT2D eigenvalue weighted by Gasteiger charge is -2.25. The summed E-state index contributed by atoms with van der Waals surface area (Å²) in [6.45, 7) is 4.83. The van der Waals surface area contributed by atoms with Crippen LogP contribution in [0.3, 0.4) is 0 Å². The molecule has 2 unspecified atom stereocenters. The smallest absolute Gasteiger partial charge is 0.361 e. The third kappa shape index (κ3) is 52.9. The van der Waals surface area contributed by atoms with Crippen molar-refractivity contribution in [2.75, 3.05) is 47.5 Å². The third-order valence-corrected chi connectivity index (χ3v) is 12.6. The van der Waals surface area contributed by atoms with E-state index in [1.807, 2.05) is 21.1 Å². The van der Waals surface area contributed by atoms with Gasteiger partial charge in [-0.1, -0.05) is 223 Å². The van der Waals surface area contributed by atoms with E-state index in [2.05, 4.69) is 62.5 Å². The summed E-state index contributed by atoms with van der Waals surface area (Å²) in [7, 11) is 5.96. The van der Waals surface area contributed by atoms with Crippen LogP contribution in [-0.2, 0) is 33.3 Å². The number of hydrogen-bond donors (Lipinski definition) is 1. The SMILES string of the molecule is CCCC/C=C\CCCCCCCC(=O)OCC(COC(OCC[N+](C)(C)C)C(=O)O)OC(=O)CCCCCCCCCCCCCCCCCCCC/C=C\C/C=C\C/C=C\CCCCCCC. The highest BCUT2D eigenvalue weighted by Gasteiger charge is 2.25. The molecule has 0 aliphatic carbocycles. The van der Waals surface area contributed by atoms with Gasteiger partial charge in [-0.3, -0.25) is 9.59 Å². The van der Waals surface area contributed by atoms with E-state index in [1.54, 1.807) is 0 Å². The molecule has 0 spiro atoms. The van der Waals surface area contributed by atoms with E-state index in [0.717, 1.165) is 77.0 Å². The van der Waals surface area contributed by atoms with Crippen molar-refractivity contribution in [2.45, 2.75) is 270 Å². The maximum atomic E-state index is 12.8. The fourth-order valence-electron chi connectivity index (χ4n) is 8.06. The number of aliphatic carboxylic acids is 1. The molecule has 0 saturated heterocycles. The van der Waals surface area contributed by atoms with Crippen LogP contribution < -0.4 is 0 Å². The van der Waals surface area contributed by atoms with E-state index in [0.29, 0.717) is 17.4 Å². The number of carboxylic acids is 1. The number of likely N-dealkylation sites (N-methyl/N-ethyl adjacent to an activating group) is 1. The fourth-order valence-corrected chi connectivity index (χ4v) is 8.06. The second-order valence-corrected chi connectivity index (χ2v) is 20.6. The van der Waals surface area contributed by atoms with Crippen LogP contribution in [0, 0.1) is 0 Å². The lowest BCUT2D eigenvalue weighted by atomic mass is 10.0. The number of hydrogen-bond acceptors (Lipinski definition) is 7. The molecule has 0 aromatic rings. The number of quaternary nitrogens is 1. The van der Waals surface area contributed by atoms with Crippen LogP contribution in [0.25, 0.3) is 0 Å². The number of ether oxygens (including phenoxy) is 4. The Hall–Kier alpha value is -2.75. The maximum absolute atomic E-state index is 12.8. The van der Waals surface area contributed by atoms with Crippen molar-refractivity contribution in [1.29, 1.82) is 0 Å². The first kappa shape index (κ1) is 66.2. The van der Waals surface area contributed by atoms with E-state index >= 15 is 0 Å². The molecular weight excluding hydrogens is 863 g/mol. The van der Waals surface area contributed by atoms with E-state index in [4.69, 9.17) is 18.9 Å². The highest BCUT2D eigenvalue weighted by molar-refractivity contribution is 5.71. The molecule has 0 rings (SSSR count). The minimum atomic E-state index is -1.51. The summed E-state index contributed by atoms with van der Waals surface area (Å²) >= 11 is 0. The third-order valence-electron chi connectivity index (χ3n) is 12.6. The van der Waals surface area contributed by atoms with Crippen molar-refractivity contribution in [2.24, 2.45) is 0 Å². The summed E-state index contributed by atoms with van der Waals surface area (Å²) in [6.07, 6.45) is 60.7. The van der Waals surface area contributed by atoms with Gasteiger partial charge in [0, 0.05) is 12.8 Å². The molecular formula is C60H110NO8+.